The van der Waals surface area contributed by atoms with Crippen LogP contribution < -0.4 is 15.4 Å². The number of nitrogens with one attached hydrogen (secondary N) is 2. The van der Waals surface area contributed by atoms with E-state index in [1.165, 1.54) is 18.2 Å². The van der Waals surface area contributed by atoms with Crippen molar-refractivity contribution in [3.63, 3.8) is 0 Å². The van der Waals surface area contributed by atoms with Crippen molar-refractivity contribution in [2.45, 2.75) is 39.6 Å². The molecule has 0 saturated heterocycles. The number of aromatic nitrogens is 2. The second-order valence-corrected chi connectivity index (χ2v) is 6.93. The van der Waals surface area contributed by atoms with E-state index in [0.29, 0.717) is 23.0 Å². The van der Waals surface area contributed by atoms with E-state index in [2.05, 4.69) is 25.3 Å². The zero-order valence-corrected chi connectivity index (χ0v) is 16.9. The topological polar surface area (TPSA) is 59.1 Å². The van der Waals surface area contributed by atoms with Crippen molar-refractivity contribution in [2.75, 3.05) is 10.6 Å². The lowest BCUT2D eigenvalue weighted by atomic mass is 10.1. The number of hydrogen-bond acceptors (Lipinski definition) is 5. The van der Waals surface area contributed by atoms with E-state index in [-0.39, 0.29) is 11.8 Å². The largest absolute Gasteiger partial charge is 0.573 e. The van der Waals surface area contributed by atoms with Crippen LogP contribution in [0.4, 0.5) is 30.6 Å². The van der Waals surface area contributed by atoms with Crippen LogP contribution in [0.5, 0.6) is 5.75 Å². The zero-order valence-electron chi connectivity index (χ0n) is 16.9. The van der Waals surface area contributed by atoms with E-state index in [9.17, 15) is 13.2 Å². The molecule has 1 aromatic heterocycles. The first-order valence-corrected chi connectivity index (χ1v) is 9.58. The number of nitrogens with zero attached hydrogens (tertiary/aromatic N) is 2. The minimum Gasteiger partial charge on any atom is -0.406 e. The Hall–Kier alpha value is -3.29. The Morgan fingerprint density at radius 1 is 1.03 bits per heavy atom. The van der Waals surface area contributed by atoms with E-state index in [4.69, 9.17) is 0 Å². The van der Waals surface area contributed by atoms with Gasteiger partial charge in [-0.3, -0.25) is 0 Å². The molecule has 3 rings (SSSR count). The van der Waals surface area contributed by atoms with Crippen molar-refractivity contribution in [3.05, 3.63) is 60.2 Å². The number of halogens is 3. The second kappa shape index (κ2) is 9.02. The number of ether oxygens (including phenoxy) is 1. The summed E-state index contributed by atoms with van der Waals surface area (Å²) in [6.07, 6.45) is -3.89. The van der Waals surface area contributed by atoms with Gasteiger partial charge >= 0.3 is 6.36 Å². The first-order chi connectivity index (χ1) is 14.2. The fraction of sp³-hybridized carbons (Fsp3) is 0.273. The molecule has 0 radical (unpaired) electrons. The predicted octanol–water partition coefficient (Wildman–Crippen LogP) is 6.30. The SMILES string of the molecule is CC[C@H](C)Nc1nc(Nc2ccccc2C)cc(-c2cccc(OC(F)(F)F)c2)n1. The van der Waals surface area contributed by atoms with Crippen LogP contribution in [0.15, 0.2) is 54.6 Å². The standard InChI is InChI=1S/C22H23F3N4O/c1-4-15(3)26-21-28-19(16-9-7-10-17(12-16)30-22(23,24)25)13-20(29-21)27-18-11-6-5-8-14(18)2/h5-13,15H,4H2,1-3H3,(H2,26,27,28,29)/t15-/m0/s1. The Balaban J connectivity index is 2.00. The Morgan fingerprint density at radius 3 is 2.50 bits per heavy atom. The van der Waals surface area contributed by atoms with E-state index in [1.807, 2.05) is 45.0 Å². The third kappa shape index (κ3) is 5.85. The number of benzene rings is 2. The van der Waals surface area contributed by atoms with Crippen LogP contribution in [0.1, 0.15) is 25.8 Å². The first-order valence-electron chi connectivity index (χ1n) is 9.58. The fourth-order valence-corrected chi connectivity index (χ4v) is 2.75. The van der Waals surface area contributed by atoms with Gasteiger partial charge in [0.25, 0.3) is 0 Å². The van der Waals surface area contributed by atoms with Gasteiger partial charge in [0, 0.05) is 23.4 Å². The maximum Gasteiger partial charge on any atom is 0.573 e. The van der Waals surface area contributed by atoms with Crippen molar-refractivity contribution in [3.8, 4) is 17.0 Å². The molecular weight excluding hydrogens is 393 g/mol. The fourth-order valence-electron chi connectivity index (χ4n) is 2.75. The average Bonchev–Trinajstić information content (AvgIpc) is 2.68. The van der Waals surface area contributed by atoms with Gasteiger partial charge < -0.3 is 15.4 Å². The highest BCUT2D eigenvalue weighted by Gasteiger charge is 2.31. The van der Waals surface area contributed by atoms with Gasteiger partial charge in [0.2, 0.25) is 5.95 Å². The van der Waals surface area contributed by atoms with E-state index in [1.54, 1.807) is 12.1 Å². The highest BCUT2D eigenvalue weighted by Crippen LogP contribution is 2.29. The molecule has 0 aliphatic carbocycles. The summed E-state index contributed by atoms with van der Waals surface area (Å²) in [4.78, 5) is 9.01. The van der Waals surface area contributed by atoms with Gasteiger partial charge in [-0.15, -0.1) is 13.2 Å². The molecule has 0 bridgehead atoms. The Kier molecular flexibility index (Phi) is 6.44. The Morgan fingerprint density at radius 2 is 1.80 bits per heavy atom. The van der Waals surface area contributed by atoms with Crippen molar-refractivity contribution in [1.82, 2.24) is 9.97 Å². The average molecular weight is 416 g/mol. The highest BCUT2D eigenvalue weighted by atomic mass is 19.4. The Labute approximate surface area is 173 Å². The summed E-state index contributed by atoms with van der Waals surface area (Å²) in [6.45, 7) is 6.01. The monoisotopic (exact) mass is 416 g/mol. The molecule has 30 heavy (non-hydrogen) atoms. The molecule has 0 unspecified atom stereocenters. The van der Waals surface area contributed by atoms with Gasteiger partial charge in [-0.25, -0.2) is 4.98 Å². The molecule has 8 heteroatoms. The van der Waals surface area contributed by atoms with Gasteiger partial charge in [-0.1, -0.05) is 37.3 Å². The zero-order chi connectivity index (χ0) is 21.7. The lowest BCUT2D eigenvalue weighted by Gasteiger charge is -2.16. The van der Waals surface area contributed by atoms with Crippen LogP contribution >= 0.6 is 0 Å². The molecule has 0 amide bonds. The van der Waals surface area contributed by atoms with E-state index < -0.39 is 6.36 Å². The summed E-state index contributed by atoms with van der Waals surface area (Å²) in [5, 5.41) is 6.49. The molecule has 0 fully saturated rings. The molecule has 2 N–H and O–H groups in total. The number of para-hydroxylation sites is 1. The van der Waals surface area contributed by atoms with Gasteiger partial charge in [0.15, 0.2) is 0 Å². The van der Waals surface area contributed by atoms with Crippen LogP contribution in [0, 0.1) is 6.92 Å². The molecule has 0 saturated carbocycles. The van der Waals surface area contributed by atoms with Crippen molar-refractivity contribution < 1.29 is 17.9 Å². The maximum atomic E-state index is 12.6. The van der Waals surface area contributed by atoms with E-state index >= 15 is 0 Å². The number of alkyl halides is 3. The van der Waals surface area contributed by atoms with Crippen molar-refractivity contribution >= 4 is 17.5 Å². The highest BCUT2D eigenvalue weighted by molar-refractivity contribution is 5.69. The molecule has 1 atom stereocenters. The van der Waals surface area contributed by atoms with Gasteiger partial charge in [0.05, 0.1) is 5.69 Å². The first kappa shape index (κ1) is 21.4. The predicted molar refractivity (Wildman–Crippen MR) is 112 cm³/mol. The minimum absolute atomic E-state index is 0.131. The van der Waals surface area contributed by atoms with Crippen LogP contribution in [0.2, 0.25) is 0 Å². The molecule has 0 spiro atoms. The summed E-state index contributed by atoms with van der Waals surface area (Å²) in [6, 6.07) is 15.3. The molecule has 5 nitrogen and oxygen atoms in total. The lowest BCUT2D eigenvalue weighted by molar-refractivity contribution is -0.274. The number of rotatable bonds is 7. The molecular formula is C22H23F3N4O. The van der Waals surface area contributed by atoms with Crippen LogP contribution in [-0.4, -0.2) is 22.4 Å². The van der Waals surface area contributed by atoms with Crippen molar-refractivity contribution in [2.24, 2.45) is 0 Å². The van der Waals surface area contributed by atoms with Crippen LogP contribution in [0.3, 0.4) is 0 Å². The molecule has 3 aromatic rings. The van der Waals surface area contributed by atoms with Gasteiger partial charge in [0.1, 0.15) is 11.6 Å². The number of hydrogen-bond donors (Lipinski definition) is 2. The third-order valence-electron chi connectivity index (χ3n) is 4.49. The summed E-state index contributed by atoms with van der Waals surface area (Å²) in [5.74, 6) is 0.616. The summed E-state index contributed by atoms with van der Waals surface area (Å²) in [7, 11) is 0. The number of aryl methyl sites for hydroxylation is 1. The number of anilines is 3. The maximum absolute atomic E-state index is 12.6. The molecule has 0 aliphatic heterocycles. The smallest absolute Gasteiger partial charge is 0.406 e. The minimum atomic E-state index is -4.76. The third-order valence-corrected chi connectivity index (χ3v) is 4.49. The normalized spacial score (nSPS) is 12.3. The Bertz CT molecular complexity index is 1010. The summed E-state index contributed by atoms with van der Waals surface area (Å²) >= 11 is 0. The van der Waals surface area contributed by atoms with Gasteiger partial charge in [-0.2, -0.15) is 4.98 Å². The van der Waals surface area contributed by atoms with Crippen LogP contribution in [0.25, 0.3) is 11.3 Å². The molecule has 2 aromatic carbocycles. The molecule has 158 valence electrons. The molecule has 1 heterocycles. The van der Waals surface area contributed by atoms with E-state index in [0.717, 1.165) is 17.7 Å². The van der Waals surface area contributed by atoms with Gasteiger partial charge in [-0.05, 0) is 44.0 Å². The lowest BCUT2D eigenvalue weighted by Crippen LogP contribution is -2.17. The quantitative estimate of drug-likeness (QED) is 0.473. The van der Waals surface area contributed by atoms with Crippen molar-refractivity contribution in [1.29, 1.82) is 0 Å². The molecule has 0 aliphatic rings. The van der Waals surface area contributed by atoms with Crippen LogP contribution in [-0.2, 0) is 0 Å². The second-order valence-electron chi connectivity index (χ2n) is 6.93. The summed E-state index contributed by atoms with van der Waals surface area (Å²) < 4.78 is 41.8. The summed E-state index contributed by atoms with van der Waals surface area (Å²) in [5.41, 5.74) is 2.87.